The Kier molecular flexibility index (Phi) is 3.02. The van der Waals surface area contributed by atoms with E-state index < -0.39 is 0 Å². The lowest BCUT2D eigenvalue weighted by molar-refractivity contribution is 0.910. The van der Waals surface area contributed by atoms with Crippen LogP contribution >= 0.6 is 0 Å². The van der Waals surface area contributed by atoms with Crippen LogP contribution in [-0.2, 0) is 0 Å². The van der Waals surface area contributed by atoms with Crippen LogP contribution in [0.5, 0.6) is 0 Å². The number of nitrogens with zero attached hydrogens (tertiary/aromatic N) is 1. The first kappa shape index (κ1) is 8.46. The monoisotopic (exact) mass is 161 g/mol. The summed E-state index contributed by atoms with van der Waals surface area (Å²) in [6.07, 6.45) is 1.48. The Bertz CT molecular complexity index is 277. The lowest BCUT2D eigenvalue weighted by atomic mass is 10.1. The summed E-state index contributed by atoms with van der Waals surface area (Å²) in [7, 11) is 1.70. The van der Waals surface area contributed by atoms with Crippen molar-refractivity contribution in [2.45, 2.75) is 0 Å². The minimum Gasteiger partial charge on any atom is -0.313 e. The fourth-order valence-corrected chi connectivity index (χ4v) is 0.821. The van der Waals surface area contributed by atoms with Gasteiger partial charge in [-0.2, -0.15) is 5.10 Å². The minimum atomic E-state index is 0.407. The lowest BCUT2D eigenvalue weighted by Crippen LogP contribution is -2.03. The third-order valence-corrected chi connectivity index (χ3v) is 1.41. The molecule has 1 aromatic rings. The fraction of sp³-hybridized carbons (Fsp3) is 0.111. The molecule has 3 heteroatoms. The SMILES string of the molecule is CN/N=C\C(=N)c1ccccc1. The third-order valence-electron chi connectivity index (χ3n) is 1.41. The Morgan fingerprint density at radius 1 is 1.42 bits per heavy atom. The number of hydrogen-bond donors (Lipinski definition) is 2. The topological polar surface area (TPSA) is 48.2 Å². The zero-order valence-electron chi connectivity index (χ0n) is 6.91. The summed E-state index contributed by atoms with van der Waals surface area (Å²) in [6.45, 7) is 0. The Morgan fingerprint density at radius 2 is 2.08 bits per heavy atom. The summed E-state index contributed by atoms with van der Waals surface area (Å²) in [5.74, 6) is 0. The van der Waals surface area contributed by atoms with Gasteiger partial charge in [0.2, 0.25) is 0 Å². The number of benzene rings is 1. The van der Waals surface area contributed by atoms with E-state index in [1.54, 1.807) is 7.05 Å². The van der Waals surface area contributed by atoms with Gasteiger partial charge in [-0.25, -0.2) is 0 Å². The van der Waals surface area contributed by atoms with E-state index >= 15 is 0 Å². The van der Waals surface area contributed by atoms with Gasteiger partial charge in [-0.1, -0.05) is 30.3 Å². The Morgan fingerprint density at radius 3 is 2.67 bits per heavy atom. The molecule has 1 aromatic carbocycles. The number of hydrazone groups is 1. The zero-order valence-corrected chi connectivity index (χ0v) is 6.91. The maximum absolute atomic E-state index is 7.54. The van der Waals surface area contributed by atoms with Gasteiger partial charge >= 0.3 is 0 Å². The highest BCUT2D eigenvalue weighted by molar-refractivity contribution is 6.36. The van der Waals surface area contributed by atoms with Crippen LogP contribution in [0.1, 0.15) is 5.56 Å². The highest BCUT2D eigenvalue weighted by Gasteiger charge is 1.94. The van der Waals surface area contributed by atoms with Crippen molar-refractivity contribution in [1.82, 2.24) is 5.43 Å². The van der Waals surface area contributed by atoms with Gasteiger partial charge in [-0.15, -0.1) is 0 Å². The second-order valence-corrected chi connectivity index (χ2v) is 2.26. The summed E-state index contributed by atoms with van der Waals surface area (Å²) in [5, 5.41) is 11.3. The predicted molar refractivity (Wildman–Crippen MR) is 50.8 cm³/mol. The molecular formula is C9H11N3. The summed E-state index contributed by atoms with van der Waals surface area (Å²) < 4.78 is 0. The smallest absolute Gasteiger partial charge is 0.0812 e. The van der Waals surface area contributed by atoms with E-state index in [2.05, 4.69) is 10.5 Å². The molecular weight excluding hydrogens is 150 g/mol. The molecule has 1 rings (SSSR count). The molecule has 0 amide bonds. The fourth-order valence-electron chi connectivity index (χ4n) is 0.821. The first-order valence-corrected chi connectivity index (χ1v) is 3.68. The molecule has 62 valence electrons. The second kappa shape index (κ2) is 4.28. The average Bonchev–Trinajstić information content (AvgIpc) is 2.15. The van der Waals surface area contributed by atoms with Gasteiger partial charge in [0.15, 0.2) is 0 Å². The second-order valence-electron chi connectivity index (χ2n) is 2.26. The summed E-state index contributed by atoms with van der Waals surface area (Å²) in [6, 6.07) is 9.48. The maximum atomic E-state index is 7.54. The molecule has 0 saturated carbocycles. The van der Waals surface area contributed by atoms with Crippen molar-refractivity contribution in [1.29, 1.82) is 5.41 Å². The van der Waals surface area contributed by atoms with E-state index in [1.165, 1.54) is 6.21 Å². The van der Waals surface area contributed by atoms with Crippen molar-refractivity contribution < 1.29 is 0 Å². The van der Waals surface area contributed by atoms with Gasteiger partial charge in [0.25, 0.3) is 0 Å². The highest BCUT2D eigenvalue weighted by atomic mass is 15.3. The Labute approximate surface area is 71.6 Å². The number of rotatable bonds is 3. The van der Waals surface area contributed by atoms with Crippen LogP contribution < -0.4 is 5.43 Å². The van der Waals surface area contributed by atoms with Crippen molar-refractivity contribution in [2.75, 3.05) is 7.05 Å². The van der Waals surface area contributed by atoms with E-state index in [-0.39, 0.29) is 0 Å². The van der Waals surface area contributed by atoms with E-state index in [1.807, 2.05) is 30.3 Å². The normalized spacial score (nSPS) is 10.1. The molecule has 12 heavy (non-hydrogen) atoms. The quantitative estimate of drug-likeness (QED) is 0.509. The van der Waals surface area contributed by atoms with E-state index in [4.69, 9.17) is 5.41 Å². The molecule has 0 unspecified atom stereocenters. The van der Waals surface area contributed by atoms with Gasteiger partial charge in [-0.3, -0.25) is 5.41 Å². The largest absolute Gasteiger partial charge is 0.313 e. The van der Waals surface area contributed by atoms with Gasteiger partial charge < -0.3 is 5.43 Å². The van der Waals surface area contributed by atoms with Crippen LogP contribution in [-0.4, -0.2) is 19.0 Å². The maximum Gasteiger partial charge on any atom is 0.0812 e. The number of hydrogen-bond acceptors (Lipinski definition) is 3. The molecule has 0 saturated heterocycles. The van der Waals surface area contributed by atoms with Crippen molar-refractivity contribution in [3.8, 4) is 0 Å². The molecule has 0 atom stereocenters. The van der Waals surface area contributed by atoms with E-state index in [0.717, 1.165) is 5.56 Å². The van der Waals surface area contributed by atoms with Crippen LogP contribution in [0.25, 0.3) is 0 Å². The van der Waals surface area contributed by atoms with Crippen LogP contribution in [0.3, 0.4) is 0 Å². The predicted octanol–water partition coefficient (Wildman–Crippen LogP) is 1.26. The summed E-state index contributed by atoms with van der Waals surface area (Å²) in [5.41, 5.74) is 3.88. The molecule has 0 aliphatic rings. The van der Waals surface area contributed by atoms with Crippen molar-refractivity contribution in [3.63, 3.8) is 0 Å². The molecule has 0 spiro atoms. The molecule has 0 aliphatic heterocycles. The Hall–Kier alpha value is -1.64. The van der Waals surface area contributed by atoms with Gasteiger partial charge in [0, 0.05) is 12.6 Å². The Balaban J connectivity index is 2.72. The highest BCUT2D eigenvalue weighted by Crippen LogP contribution is 1.97. The van der Waals surface area contributed by atoms with Crippen LogP contribution in [0, 0.1) is 5.41 Å². The first-order chi connectivity index (χ1) is 5.84. The molecule has 0 radical (unpaired) electrons. The van der Waals surface area contributed by atoms with E-state index in [9.17, 15) is 0 Å². The first-order valence-electron chi connectivity index (χ1n) is 3.68. The van der Waals surface area contributed by atoms with Crippen molar-refractivity contribution in [2.24, 2.45) is 5.10 Å². The van der Waals surface area contributed by atoms with Crippen LogP contribution in [0.4, 0.5) is 0 Å². The molecule has 0 fully saturated rings. The average molecular weight is 161 g/mol. The minimum absolute atomic E-state index is 0.407. The van der Waals surface area contributed by atoms with Gasteiger partial charge in [0.05, 0.1) is 11.9 Å². The molecule has 0 aliphatic carbocycles. The molecule has 2 N–H and O–H groups in total. The van der Waals surface area contributed by atoms with Crippen molar-refractivity contribution in [3.05, 3.63) is 35.9 Å². The molecule has 0 aromatic heterocycles. The summed E-state index contributed by atoms with van der Waals surface area (Å²) >= 11 is 0. The number of nitrogens with one attached hydrogen (secondary N) is 2. The standard InChI is InChI=1S/C9H11N3/c1-11-12-7-9(10)8-5-3-2-4-6-8/h2-7,10-11H,1H3/b10-9?,12-7-. The van der Waals surface area contributed by atoms with Gasteiger partial charge in [-0.05, 0) is 0 Å². The molecule has 0 heterocycles. The van der Waals surface area contributed by atoms with Crippen LogP contribution in [0.15, 0.2) is 35.4 Å². The third kappa shape index (κ3) is 2.20. The lowest BCUT2D eigenvalue weighted by Gasteiger charge is -1.95. The molecule has 3 nitrogen and oxygen atoms in total. The van der Waals surface area contributed by atoms with Gasteiger partial charge in [0.1, 0.15) is 0 Å². The van der Waals surface area contributed by atoms with Crippen molar-refractivity contribution >= 4 is 11.9 Å². The summed E-state index contributed by atoms with van der Waals surface area (Å²) in [4.78, 5) is 0. The molecule has 0 bridgehead atoms. The zero-order chi connectivity index (χ0) is 8.81. The van der Waals surface area contributed by atoms with Crippen LogP contribution in [0.2, 0.25) is 0 Å². The van der Waals surface area contributed by atoms with E-state index in [0.29, 0.717) is 5.71 Å².